The molecule has 1 unspecified atom stereocenters. The number of hydrogen-bond acceptors (Lipinski definition) is 6. The Bertz CT molecular complexity index is 569. The average molecular weight is 385 g/mol. The van der Waals surface area contributed by atoms with E-state index >= 15 is 0 Å². The van der Waals surface area contributed by atoms with Crippen LogP contribution in [0.1, 0.15) is 6.42 Å². The number of halogens is 1. The monoisotopic (exact) mass is 384 g/mol. The second kappa shape index (κ2) is 8.37. The largest absolute Gasteiger partial charge is 0.468 e. The van der Waals surface area contributed by atoms with E-state index in [1.165, 1.54) is 7.11 Å². The van der Waals surface area contributed by atoms with Crippen LogP contribution in [0.15, 0.2) is 22.8 Å². The third-order valence-corrected chi connectivity index (χ3v) is 4.28. The summed E-state index contributed by atoms with van der Waals surface area (Å²) in [5.74, 6) is 0.121. The molecule has 1 fully saturated rings. The summed E-state index contributed by atoms with van der Waals surface area (Å²) in [6, 6.07) is 3.21. The Morgan fingerprint density at radius 1 is 1.48 bits per heavy atom. The number of aromatic nitrogens is 1. The molecule has 1 amide bonds. The summed E-state index contributed by atoms with van der Waals surface area (Å²) in [5, 5.41) is 2.76. The Morgan fingerprint density at radius 3 is 2.96 bits per heavy atom. The fourth-order valence-corrected chi connectivity index (χ4v) is 2.84. The molecule has 1 aliphatic heterocycles. The summed E-state index contributed by atoms with van der Waals surface area (Å²) >= 11 is 3.34. The Kier molecular flexibility index (Phi) is 6.49. The van der Waals surface area contributed by atoms with Gasteiger partial charge in [-0.2, -0.15) is 0 Å². The van der Waals surface area contributed by atoms with Crippen molar-refractivity contribution in [2.45, 2.75) is 12.5 Å². The van der Waals surface area contributed by atoms with Gasteiger partial charge in [0, 0.05) is 43.3 Å². The zero-order valence-electron chi connectivity index (χ0n) is 13.3. The molecule has 0 bridgehead atoms. The third-order valence-electron chi connectivity index (χ3n) is 3.78. The number of carbonyl (C=O) groups excluding carboxylic acids is 2. The fraction of sp³-hybridized carbons (Fsp3) is 0.533. The lowest BCUT2D eigenvalue weighted by Crippen LogP contribution is -2.56. The van der Waals surface area contributed by atoms with Crippen molar-refractivity contribution in [1.29, 1.82) is 0 Å². The lowest BCUT2D eigenvalue weighted by Gasteiger charge is -2.38. The standard InChI is InChI=1S/C15H21BrN4O3/c1-19-7-8-20(12(10-19)15(22)23-2)6-4-14(21)18-13-9-11(16)3-5-17-13/h3,5,9,12H,4,6-8,10H2,1-2H3,(H,17,18,21). The second-order valence-corrected chi connectivity index (χ2v) is 6.41. The van der Waals surface area contributed by atoms with E-state index in [1.807, 2.05) is 11.9 Å². The summed E-state index contributed by atoms with van der Waals surface area (Å²) in [7, 11) is 3.36. The molecule has 23 heavy (non-hydrogen) atoms. The highest BCUT2D eigenvalue weighted by Gasteiger charge is 2.31. The Hall–Kier alpha value is -1.51. The van der Waals surface area contributed by atoms with Gasteiger partial charge >= 0.3 is 5.97 Å². The highest BCUT2D eigenvalue weighted by molar-refractivity contribution is 9.10. The summed E-state index contributed by atoms with van der Waals surface area (Å²) in [5.41, 5.74) is 0. The number of rotatable bonds is 5. The van der Waals surface area contributed by atoms with Gasteiger partial charge in [0.15, 0.2) is 0 Å². The maximum Gasteiger partial charge on any atom is 0.324 e. The first-order valence-corrected chi connectivity index (χ1v) is 8.20. The highest BCUT2D eigenvalue weighted by Crippen LogP contribution is 2.14. The molecular formula is C15H21BrN4O3. The van der Waals surface area contributed by atoms with Crippen LogP contribution in [0, 0.1) is 0 Å². The summed E-state index contributed by atoms with van der Waals surface area (Å²) < 4.78 is 5.72. The zero-order valence-corrected chi connectivity index (χ0v) is 14.9. The van der Waals surface area contributed by atoms with Crippen molar-refractivity contribution in [2.75, 3.05) is 45.7 Å². The minimum atomic E-state index is -0.324. The number of hydrogen-bond donors (Lipinski definition) is 1. The average Bonchev–Trinajstić information content (AvgIpc) is 2.53. The second-order valence-electron chi connectivity index (χ2n) is 5.49. The van der Waals surface area contributed by atoms with Gasteiger partial charge in [0.05, 0.1) is 7.11 Å². The molecule has 1 aromatic heterocycles. The SMILES string of the molecule is COC(=O)C1CN(C)CCN1CCC(=O)Nc1cc(Br)ccn1. The van der Waals surface area contributed by atoms with E-state index in [2.05, 4.69) is 31.1 Å². The van der Waals surface area contributed by atoms with Crippen LogP contribution in [0.3, 0.4) is 0 Å². The molecule has 1 aliphatic rings. The minimum absolute atomic E-state index is 0.127. The fourth-order valence-electron chi connectivity index (χ4n) is 2.51. The Balaban J connectivity index is 1.88. The molecular weight excluding hydrogens is 364 g/mol. The first kappa shape index (κ1) is 17.8. The first-order valence-electron chi connectivity index (χ1n) is 7.41. The first-order chi connectivity index (χ1) is 11.0. The molecule has 8 heteroatoms. The van der Waals surface area contributed by atoms with E-state index in [0.29, 0.717) is 25.3 Å². The van der Waals surface area contributed by atoms with Crippen molar-refractivity contribution >= 4 is 33.6 Å². The predicted octanol–water partition coefficient (Wildman–Crippen LogP) is 0.962. The van der Waals surface area contributed by atoms with E-state index in [9.17, 15) is 9.59 Å². The molecule has 1 aromatic rings. The Labute approximate surface area is 144 Å². The van der Waals surface area contributed by atoms with Crippen LogP contribution >= 0.6 is 15.9 Å². The van der Waals surface area contributed by atoms with Crippen molar-refractivity contribution in [1.82, 2.24) is 14.8 Å². The molecule has 0 radical (unpaired) electrons. The smallest absolute Gasteiger partial charge is 0.324 e. The van der Waals surface area contributed by atoms with Crippen molar-refractivity contribution in [3.05, 3.63) is 22.8 Å². The lowest BCUT2D eigenvalue weighted by atomic mass is 10.1. The van der Waals surface area contributed by atoms with Gasteiger partial charge in [0.25, 0.3) is 0 Å². The van der Waals surface area contributed by atoms with Gasteiger partial charge in [-0.15, -0.1) is 0 Å². The molecule has 0 saturated carbocycles. The molecule has 126 valence electrons. The molecule has 7 nitrogen and oxygen atoms in total. The lowest BCUT2D eigenvalue weighted by molar-refractivity contribution is -0.149. The maximum atomic E-state index is 12.1. The van der Waals surface area contributed by atoms with E-state index in [4.69, 9.17) is 4.74 Å². The minimum Gasteiger partial charge on any atom is -0.468 e. The van der Waals surface area contributed by atoms with Gasteiger partial charge in [0.1, 0.15) is 11.9 Å². The number of nitrogens with zero attached hydrogens (tertiary/aromatic N) is 3. The van der Waals surface area contributed by atoms with Gasteiger partial charge in [-0.3, -0.25) is 14.5 Å². The topological polar surface area (TPSA) is 74.8 Å². The maximum absolute atomic E-state index is 12.1. The van der Waals surface area contributed by atoms with Gasteiger partial charge in [-0.1, -0.05) is 15.9 Å². The molecule has 1 atom stereocenters. The number of piperazine rings is 1. The van der Waals surface area contributed by atoms with Crippen LogP contribution in [0.4, 0.5) is 5.82 Å². The Morgan fingerprint density at radius 2 is 2.26 bits per heavy atom. The molecule has 2 rings (SSSR count). The highest BCUT2D eigenvalue weighted by atomic mass is 79.9. The molecule has 1 saturated heterocycles. The van der Waals surface area contributed by atoms with Gasteiger partial charge < -0.3 is 15.0 Å². The van der Waals surface area contributed by atoms with E-state index in [-0.39, 0.29) is 17.9 Å². The molecule has 0 aliphatic carbocycles. The van der Waals surface area contributed by atoms with E-state index in [1.54, 1.807) is 18.3 Å². The van der Waals surface area contributed by atoms with Crippen molar-refractivity contribution < 1.29 is 14.3 Å². The number of likely N-dealkylation sites (N-methyl/N-ethyl adjacent to an activating group) is 1. The molecule has 1 N–H and O–H groups in total. The van der Waals surface area contributed by atoms with Crippen molar-refractivity contribution in [2.24, 2.45) is 0 Å². The summed E-state index contributed by atoms with van der Waals surface area (Å²) in [6.07, 6.45) is 1.92. The van der Waals surface area contributed by atoms with E-state index < -0.39 is 0 Å². The number of amides is 1. The predicted molar refractivity (Wildman–Crippen MR) is 90.1 cm³/mol. The zero-order chi connectivity index (χ0) is 16.8. The molecule has 0 spiro atoms. The van der Waals surface area contributed by atoms with Crippen LogP contribution in [0.25, 0.3) is 0 Å². The van der Waals surface area contributed by atoms with Crippen LogP contribution in [-0.4, -0.2) is 73.0 Å². The van der Waals surface area contributed by atoms with Crippen molar-refractivity contribution in [3.63, 3.8) is 0 Å². The van der Waals surface area contributed by atoms with E-state index in [0.717, 1.165) is 17.6 Å². The number of esters is 1. The van der Waals surface area contributed by atoms with Gasteiger partial charge in [-0.25, -0.2) is 4.98 Å². The third kappa shape index (κ3) is 5.26. The van der Waals surface area contributed by atoms with Gasteiger partial charge in [-0.05, 0) is 19.2 Å². The van der Waals surface area contributed by atoms with Gasteiger partial charge in [0.2, 0.25) is 5.91 Å². The van der Waals surface area contributed by atoms with Crippen LogP contribution in [-0.2, 0) is 14.3 Å². The summed E-state index contributed by atoms with van der Waals surface area (Å²) in [6.45, 7) is 2.72. The molecule has 2 heterocycles. The quantitative estimate of drug-likeness (QED) is 0.762. The van der Waals surface area contributed by atoms with Crippen LogP contribution in [0.2, 0.25) is 0 Å². The van der Waals surface area contributed by atoms with Crippen LogP contribution in [0.5, 0.6) is 0 Å². The number of methoxy groups -OCH3 is 1. The van der Waals surface area contributed by atoms with Crippen LogP contribution < -0.4 is 5.32 Å². The molecule has 0 aromatic carbocycles. The normalized spacial score (nSPS) is 19.3. The van der Waals surface area contributed by atoms with Crippen molar-refractivity contribution in [3.8, 4) is 0 Å². The number of ether oxygens (including phenoxy) is 1. The number of pyridine rings is 1. The number of carbonyl (C=O) groups is 2. The number of nitrogens with one attached hydrogen (secondary N) is 1. The summed E-state index contributed by atoms with van der Waals surface area (Å²) in [4.78, 5) is 32.1. The number of anilines is 1.